The van der Waals surface area contributed by atoms with Gasteiger partial charge < -0.3 is 24.2 Å². The summed E-state index contributed by atoms with van der Waals surface area (Å²) >= 11 is 0. The van der Waals surface area contributed by atoms with E-state index in [9.17, 15) is 50.7 Å². The molecule has 1 N–H and O–H groups in total. The summed E-state index contributed by atoms with van der Waals surface area (Å²) in [5.41, 5.74) is -4.89. The molecular weight excluding hydrogens is 683 g/mol. The zero-order valence-corrected chi connectivity index (χ0v) is 27.6. The highest BCUT2D eigenvalue weighted by atomic mass is 19.4. The number of alkyl halides is 6. The Morgan fingerprint density at radius 1 is 1.02 bits per heavy atom. The molecule has 0 aliphatic carbocycles. The minimum absolute atomic E-state index is 0.00862. The van der Waals surface area contributed by atoms with E-state index >= 15 is 0 Å². The van der Waals surface area contributed by atoms with Crippen LogP contribution in [0.25, 0.3) is 11.1 Å². The fourth-order valence-electron chi connectivity index (χ4n) is 5.94. The van der Waals surface area contributed by atoms with Crippen molar-refractivity contribution in [3.8, 4) is 11.1 Å². The zero-order chi connectivity index (χ0) is 37.5. The molecule has 0 bridgehead atoms. The summed E-state index contributed by atoms with van der Waals surface area (Å²) in [7, 11) is 3.75. The maximum absolute atomic E-state index is 14.2. The van der Waals surface area contributed by atoms with Crippen LogP contribution in [0.3, 0.4) is 0 Å². The van der Waals surface area contributed by atoms with Crippen LogP contribution in [0.1, 0.15) is 47.7 Å². The minimum atomic E-state index is -5.16. The molecule has 3 aromatic rings. The summed E-state index contributed by atoms with van der Waals surface area (Å²) in [6.45, 7) is 3.10. The molecule has 1 aliphatic rings. The topological polar surface area (TPSA) is 128 Å². The molecule has 2 aromatic carbocycles. The van der Waals surface area contributed by atoms with Gasteiger partial charge in [0.1, 0.15) is 11.9 Å². The molecule has 1 saturated heterocycles. The predicted molar refractivity (Wildman–Crippen MR) is 164 cm³/mol. The van der Waals surface area contributed by atoms with Gasteiger partial charge in [-0.1, -0.05) is 6.07 Å². The number of nitrogens with zero attached hydrogens (tertiary/aromatic N) is 3. The van der Waals surface area contributed by atoms with Crippen molar-refractivity contribution in [2.75, 3.05) is 32.7 Å². The number of anilines is 1. The van der Waals surface area contributed by atoms with Gasteiger partial charge in [0.25, 0.3) is 0 Å². The number of methoxy groups -OCH3 is 2. The number of carbonyl (C=O) groups is 1. The lowest BCUT2D eigenvalue weighted by atomic mass is 9.81. The summed E-state index contributed by atoms with van der Waals surface area (Å²) in [6.07, 6.45) is -12.4. The van der Waals surface area contributed by atoms with Crippen LogP contribution in [0, 0.1) is 28.8 Å². The van der Waals surface area contributed by atoms with Crippen LogP contribution >= 0.6 is 0 Å². The van der Waals surface area contributed by atoms with Crippen LogP contribution in [0.5, 0.6) is 0 Å². The summed E-state index contributed by atoms with van der Waals surface area (Å²) in [6, 6.07) is 5.96. The summed E-state index contributed by atoms with van der Waals surface area (Å²) in [4.78, 5) is 30.7. The Morgan fingerprint density at radius 2 is 1.60 bits per heavy atom. The minimum Gasteiger partial charge on any atom is -0.368 e. The lowest BCUT2D eigenvalue weighted by molar-refractivity contribution is -0.486. The first-order chi connectivity index (χ1) is 23.1. The second kappa shape index (κ2) is 14.2. The zero-order valence-electron chi connectivity index (χ0n) is 27.6. The molecular formula is C33H34F7N3O7. The van der Waals surface area contributed by atoms with Gasteiger partial charge in [-0.3, -0.25) is 19.9 Å². The van der Waals surface area contributed by atoms with Crippen LogP contribution in [-0.4, -0.2) is 67.4 Å². The Morgan fingerprint density at radius 3 is 2.08 bits per heavy atom. The first kappa shape index (κ1) is 38.6. The van der Waals surface area contributed by atoms with Crippen molar-refractivity contribution in [1.82, 2.24) is 4.98 Å². The number of likely N-dealkylation sites (N-methyl/N-ethyl adjacent to an activating group) is 1. The van der Waals surface area contributed by atoms with Gasteiger partial charge in [-0.15, -0.1) is 0 Å². The van der Waals surface area contributed by atoms with E-state index in [1.807, 2.05) is 0 Å². The second-order valence-electron chi connectivity index (χ2n) is 12.4. The molecule has 1 fully saturated rings. The van der Waals surface area contributed by atoms with Crippen LogP contribution in [0.15, 0.2) is 48.7 Å². The van der Waals surface area contributed by atoms with Crippen molar-refractivity contribution in [3.05, 3.63) is 92.5 Å². The summed E-state index contributed by atoms with van der Waals surface area (Å²) < 4.78 is 112. The number of aliphatic hydroxyl groups is 1. The number of carbonyl (C=O) groups excluding carboxylic acids is 1. The standard InChI is InChI=1S/C33H34F7N3O7/c1-16-9-20(34)7-8-21(16)22-13-24(23(15-43(46)47)26(28(44)48-5)27-29(49-6)50-27)41-14-25(22)42(4)30(45)31(2,3)17-10-18(32(35,36)37)12-19(11-17)33(38,39)40/h7-14,23,26-29,44H,15H2,1-6H3. The van der Waals surface area contributed by atoms with Crippen molar-refractivity contribution >= 4 is 11.6 Å². The Bertz CT molecular complexity index is 1720. The lowest BCUT2D eigenvalue weighted by Crippen LogP contribution is -2.42. The lowest BCUT2D eigenvalue weighted by Gasteiger charge is -2.32. The smallest absolute Gasteiger partial charge is 0.368 e. The first-order valence-electron chi connectivity index (χ1n) is 15.0. The predicted octanol–water partition coefficient (Wildman–Crippen LogP) is 6.49. The third kappa shape index (κ3) is 8.06. The highest BCUT2D eigenvalue weighted by Gasteiger charge is 2.53. The van der Waals surface area contributed by atoms with E-state index in [2.05, 4.69) is 4.98 Å². The maximum Gasteiger partial charge on any atom is 0.416 e. The number of pyridine rings is 1. The Hall–Kier alpha value is -4.19. The van der Waals surface area contributed by atoms with Crippen LogP contribution < -0.4 is 4.90 Å². The van der Waals surface area contributed by atoms with Gasteiger partial charge in [-0.25, -0.2) is 4.39 Å². The Kier molecular flexibility index (Phi) is 11.0. The van der Waals surface area contributed by atoms with E-state index in [4.69, 9.17) is 14.2 Å². The number of epoxide rings is 1. The average Bonchev–Trinajstić information content (AvgIpc) is 3.81. The van der Waals surface area contributed by atoms with E-state index in [0.29, 0.717) is 23.3 Å². The molecule has 2 heterocycles. The molecule has 17 heteroatoms. The molecule has 5 atom stereocenters. The number of halogens is 7. The van der Waals surface area contributed by atoms with Crippen molar-refractivity contribution in [3.63, 3.8) is 0 Å². The molecule has 1 aliphatic heterocycles. The Balaban J connectivity index is 1.89. The van der Waals surface area contributed by atoms with E-state index in [0.717, 1.165) is 31.0 Å². The van der Waals surface area contributed by atoms with Crippen molar-refractivity contribution < 1.29 is 59.8 Å². The number of aliphatic hydroxyl groups excluding tert-OH is 1. The van der Waals surface area contributed by atoms with Gasteiger partial charge in [0.05, 0.1) is 46.0 Å². The number of amides is 1. The molecule has 0 radical (unpaired) electrons. The summed E-state index contributed by atoms with van der Waals surface area (Å²) in [5.74, 6) is -3.81. The number of nitro groups is 1. The van der Waals surface area contributed by atoms with Gasteiger partial charge >= 0.3 is 12.4 Å². The van der Waals surface area contributed by atoms with Crippen molar-refractivity contribution in [2.45, 2.75) is 63.1 Å². The van der Waals surface area contributed by atoms with Gasteiger partial charge in [0.2, 0.25) is 12.5 Å². The fraction of sp³-hybridized carbons (Fsp3) is 0.455. The Labute approximate surface area is 281 Å². The third-order valence-electron chi connectivity index (χ3n) is 8.75. The second-order valence-corrected chi connectivity index (χ2v) is 12.4. The maximum atomic E-state index is 14.2. The van der Waals surface area contributed by atoms with E-state index in [1.54, 1.807) is 6.92 Å². The van der Waals surface area contributed by atoms with Crippen LogP contribution in [0.2, 0.25) is 0 Å². The number of benzene rings is 2. The number of hydrogen-bond donors (Lipinski definition) is 1. The number of aromatic nitrogens is 1. The third-order valence-corrected chi connectivity index (χ3v) is 8.75. The number of hydrogen-bond acceptors (Lipinski definition) is 8. The molecule has 5 unspecified atom stereocenters. The van der Waals surface area contributed by atoms with Gasteiger partial charge in [-0.2, -0.15) is 26.3 Å². The highest BCUT2D eigenvalue weighted by Crippen LogP contribution is 2.44. The quantitative estimate of drug-likeness (QED) is 0.0741. The largest absolute Gasteiger partial charge is 0.416 e. The molecule has 272 valence electrons. The molecule has 0 saturated carbocycles. The normalized spacial score (nSPS) is 18.4. The summed E-state index contributed by atoms with van der Waals surface area (Å²) in [5, 5.41) is 22.6. The van der Waals surface area contributed by atoms with E-state index < -0.39 is 88.2 Å². The highest BCUT2D eigenvalue weighted by molar-refractivity contribution is 6.03. The van der Waals surface area contributed by atoms with Crippen LogP contribution in [-0.2, 0) is 36.8 Å². The number of rotatable bonds is 12. The molecule has 10 nitrogen and oxygen atoms in total. The van der Waals surface area contributed by atoms with Crippen molar-refractivity contribution in [2.24, 2.45) is 5.92 Å². The number of aryl methyl sites for hydroxylation is 1. The molecule has 1 amide bonds. The van der Waals surface area contributed by atoms with E-state index in [1.165, 1.54) is 39.5 Å². The van der Waals surface area contributed by atoms with Crippen molar-refractivity contribution in [1.29, 1.82) is 0 Å². The van der Waals surface area contributed by atoms with Crippen LogP contribution in [0.4, 0.5) is 36.4 Å². The molecule has 1 aromatic heterocycles. The molecule has 50 heavy (non-hydrogen) atoms. The van der Waals surface area contributed by atoms with Gasteiger partial charge in [0.15, 0.2) is 12.6 Å². The van der Waals surface area contributed by atoms with Gasteiger partial charge in [0, 0.05) is 31.8 Å². The fourth-order valence-corrected chi connectivity index (χ4v) is 5.94. The molecule has 0 spiro atoms. The average molecular weight is 718 g/mol. The first-order valence-corrected chi connectivity index (χ1v) is 15.0. The SMILES string of the molecule is COC(O)C(C(C[N+](=O)[O-])c1cc(-c2ccc(F)cc2C)c(N(C)C(=O)C(C)(C)c2cc(C(F)(F)F)cc(C(F)(F)F)c2)cn1)C1OC1OC. The number of ether oxygens (including phenoxy) is 3. The van der Waals surface area contributed by atoms with Gasteiger partial charge in [-0.05, 0) is 73.9 Å². The van der Waals surface area contributed by atoms with E-state index in [-0.39, 0.29) is 23.0 Å². The monoisotopic (exact) mass is 717 g/mol. The molecule has 4 rings (SSSR count).